The van der Waals surface area contributed by atoms with Gasteiger partial charge in [-0.05, 0) is 43.7 Å². The molecule has 0 heterocycles. The van der Waals surface area contributed by atoms with Gasteiger partial charge < -0.3 is 15.8 Å². The molecular weight excluding hydrogens is 286 g/mol. The summed E-state index contributed by atoms with van der Waals surface area (Å²) >= 11 is 0. The second-order valence-corrected chi connectivity index (χ2v) is 4.86. The first-order chi connectivity index (χ1) is 10.5. The van der Waals surface area contributed by atoms with Crippen LogP contribution in [0.1, 0.15) is 13.8 Å². The van der Waals surface area contributed by atoms with E-state index in [4.69, 9.17) is 10.5 Å². The lowest BCUT2D eigenvalue weighted by atomic mass is 10.2. The van der Waals surface area contributed by atoms with Crippen molar-refractivity contribution in [1.29, 1.82) is 0 Å². The van der Waals surface area contributed by atoms with Gasteiger partial charge in [-0.1, -0.05) is 12.7 Å². The molecule has 0 fully saturated rings. The van der Waals surface area contributed by atoms with Gasteiger partial charge in [0.1, 0.15) is 24.0 Å². The van der Waals surface area contributed by atoms with Crippen LogP contribution in [0.4, 0.5) is 14.5 Å². The van der Waals surface area contributed by atoms with Gasteiger partial charge in [-0.3, -0.25) is 0 Å². The second kappa shape index (κ2) is 9.00. The summed E-state index contributed by atoms with van der Waals surface area (Å²) in [6, 6.07) is 3.02. The van der Waals surface area contributed by atoms with Crippen LogP contribution in [0.15, 0.2) is 54.3 Å². The minimum absolute atomic E-state index is 0.213. The van der Waals surface area contributed by atoms with Gasteiger partial charge in [0.2, 0.25) is 0 Å². The molecule has 1 unspecified atom stereocenters. The van der Waals surface area contributed by atoms with Crippen LogP contribution in [0.5, 0.6) is 0 Å². The van der Waals surface area contributed by atoms with E-state index in [2.05, 4.69) is 11.9 Å². The molecule has 1 atom stereocenters. The maximum Gasteiger partial charge on any atom is 0.149 e. The normalized spacial score (nSPS) is 13.7. The highest BCUT2D eigenvalue weighted by molar-refractivity contribution is 5.44. The van der Waals surface area contributed by atoms with E-state index in [1.165, 1.54) is 12.1 Å². The Morgan fingerprint density at radius 3 is 2.77 bits per heavy atom. The Balaban J connectivity index is 2.46. The molecule has 1 aromatic carbocycles. The third-order valence-electron chi connectivity index (χ3n) is 2.93. The summed E-state index contributed by atoms with van der Waals surface area (Å²) < 4.78 is 31.8. The zero-order chi connectivity index (χ0) is 16.5. The van der Waals surface area contributed by atoms with E-state index in [-0.39, 0.29) is 18.3 Å². The molecule has 120 valence electrons. The number of nitrogens with one attached hydrogen (secondary N) is 1. The Kier molecular flexibility index (Phi) is 7.32. The van der Waals surface area contributed by atoms with E-state index in [1.54, 1.807) is 6.08 Å². The van der Waals surface area contributed by atoms with Crippen LogP contribution in [0.3, 0.4) is 0 Å². The van der Waals surface area contributed by atoms with Crippen molar-refractivity contribution in [3.05, 3.63) is 66.0 Å². The van der Waals surface area contributed by atoms with E-state index in [0.717, 1.165) is 11.6 Å². The number of allylic oxidation sites excluding steroid dienone is 4. The molecule has 0 aliphatic carbocycles. The molecule has 0 aliphatic heterocycles. The largest absolute Gasteiger partial charge is 0.492 e. The molecule has 3 N–H and O–H groups in total. The molecule has 0 amide bonds. The minimum atomic E-state index is -0.646. The van der Waals surface area contributed by atoms with Crippen LogP contribution in [0.2, 0.25) is 0 Å². The number of nitrogens with two attached hydrogens (primary N) is 1. The van der Waals surface area contributed by atoms with Crippen LogP contribution in [-0.2, 0) is 4.74 Å². The lowest BCUT2D eigenvalue weighted by molar-refractivity contribution is 0.207. The number of anilines is 1. The monoisotopic (exact) mass is 308 g/mol. The Bertz CT molecular complexity index is 568. The van der Waals surface area contributed by atoms with E-state index < -0.39 is 11.6 Å². The van der Waals surface area contributed by atoms with Gasteiger partial charge in [-0.15, -0.1) is 0 Å². The van der Waals surface area contributed by atoms with Crippen LogP contribution in [0, 0.1) is 11.6 Å². The Morgan fingerprint density at radius 1 is 1.45 bits per heavy atom. The molecule has 0 saturated carbocycles. The lowest BCUT2D eigenvalue weighted by Crippen LogP contribution is -2.33. The maximum absolute atomic E-state index is 13.5. The van der Waals surface area contributed by atoms with Gasteiger partial charge in [-0.2, -0.15) is 0 Å². The summed E-state index contributed by atoms with van der Waals surface area (Å²) in [7, 11) is 0. The van der Waals surface area contributed by atoms with E-state index in [0.29, 0.717) is 12.3 Å². The molecular formula is C17H22F2N2O. The van der Waals surface area contributed by atoms with Crippen molar-refractivity contribution < 1.29 is 13.5 Å². The summed E-state index contributed by atoms with van der Waals surface area (Å²) in [5, 5.41) is 2.84. The van der Waals surface area contributed by atoms with Gasteiger partial charge in [0.15, 0.2) is 0 Å². The van der Waals surface area contributed by atoms with Crippen LogP contribution in [0.25, 0.3) is 0 Å². The number of hydrogen-bond acceptors (Lipinski definition) is 3. The fraction of sp³-hybridized carbons (Fsp3) is 0.294. The Hall–Kier alpha value is -2.14. The Morgan fingerprint density at radius 2 is 2.18 bits per heavy atom. The van der Waals surface area contributed by atoms with Crippen molar-refractivity contribution >= 4 is 5.69 Å². The summed E-state index contributed by atoms with van der Waals surface area (Å²) in [6.45, 7) is 8.03. The van der Waals surface area contributed by atoms with Crippen LogP contribution >= 0.6 is 0 Å². The van der Waals surface area contributed by atoms with E-state index >= 15 is 0 Å². The fourth-order valence-electron chi connectivity index (χ4n) is 1.63. The van der Waals surface area contributed by atoms with Crippen molar-refractivity contribution in [2.45, 2.75) is 19.9 Å². The lowest BCUT2D eigenvalue weighted by Gasteiger charge is -2.16. The number of hydrogen-bond donors (Lipinski definition) is 2. The SMILES string of the molecule is C=C/C(C)=C\C(=C/C)OCC(N)CNc1ccc(F)cc1F. The quantitative estimate of drug-likeness (QED) is 0.568. The zero-order valence-corrected chi connectivity index (χ0v) is 12.9. The van der Waals surface area contributed by atoms with Gasteiger partial charge in [0.05, 0.1) is 11.7 Å². The highest BCUT2D eigenvalue weighted by Gasteiger charge is 2.07. The van der Waals surface area contributed by atoms with Crippen LogP contribution in [-0.4, -0.2) is 19.2 Å². The average molecular weight is 308 g/mol. The summed E-state index contributed by atoms with van der Waals surface area (Å²) in [5.74, 6) is -0.564. The van der Waals surface area contributed by atoms with Crippen molar-refractivity contribution in [2.75, 3.05) is 18.5 Å². The topological polar surface area (TPSA) is 47.3 Å². The first-order valence-electron chi connectivity index (χ1n) is 7.00. The van der Waals surface area contributed by atoms with E-state index in [9.17, 15) is 8.78 Å². The minimum Gasteiger partial charge on any atom is -0.492 e. The summed E-state index contributed by atoms with van der Waals surface area (Å²) in [5.41, 5.74) is 7.11. The summed E-state index contributed by atoms with van der Waals surface area (Å²) in [4.78, 5) is 0. The smallest absolute Gasteiger partial charge is 0.149 e. The molecule has 0 spiro atoms. The predicted molar refractivity (Wildman–Crippen MR) is 86.5 cm³/mol. The zero-order valence-electron chi connectivity index (χ0n) is 12.9. The first kappa shape index (κ1) is 17.9. The van der Waals surface area contributed by atoms with Gasteiger partial charge >= 0.3 is 0 Å². The fourth-order valence-corrected chi connectivity index (χ4v) is 1.63. The molecule has 1 rings (SSSR count). The van der Waals surface area contributed by atoms with Crippen molar-refractivity contribution in [1.82, 2.24) is 0 Å². The van der Waals surface area contributed by atoms with E-state index in [1.807, 2.05) is 26.0 Å². The Labute approximate surface area is 130 Å². The number of ether oxygens (including phenoxy) is 1. The molecule has 0 saturated heterocycles. The molecule has 0 aliphatic rings. The number of halogens is 2. The van der Waals surface area contributed by atoms with Crippen molar-refractivity contribution in [3.8, 4) is 0 Å². The highest BCUT2D eigenvalue weighted by atomic mass is 19.1. The number of rotatable bonds is 8. The van der Waals surface area contributed by atoms with Gasteiger partial charge in [0.25, 0.3) is 0 Å². The molecule has 0 radical (unpaired) electrons. The maximum atomic E-state index is 13.5. The molecule has 0 aromatic heterocycles. The molecule has 5 heteroatoms. The standard InChI is InChI=1S/C17H22F2N2O/c1-4-12(3)8-15(5-2)22-11-14(20)10-21-17-7-6-13(18)9-16(17)19/h4-9,14,21H,1,10-11,20H2,2-3H3/b12-8-,15-5+. The van der Waals surface area contributed by atoms with Crippen LogP contribution < -0.4 is 11.1 Å². The molecule has 22 heavy (non-hydrogen) atoms. The average Bonchev–Trinajstić information content (AvgIpc) is 2.50. The van der Waals surface area contributed by atoms with Gasteiger partial charge in [-0.25, -0.2) is 8.78 Å². The first-order valence-corrected chi connectivity index (χ1v) is 7.00. The molecule has 1 aromatic rings. The van der Waals surface area contributed by atoms with Crippen molar-refractivity contribution in [2.24, 2.45) is 5.73 Å². The summed E-state index contributed by atoms with van der Waals surface area (Å²) in [6.07, 6.45) is 5.41. The number of benzene rings is 1. The third-order valence-corrected chi connectivity index (χ3v) is 2.93. The van der Waals surface area contributed by atoms with Gasteiger partial charge in [0, 0.05) is 12.6 Å². The van der Waals surface area contributed by atoms with Crippen molar-refractivity contribution in [3.63, 3.8) is 0 Å². The second-order valence-electron chi connectivity index (χ2n) is 4.86. The molecule has 3 nitrogen and oxygen atoms in total. The predicted octanol–water partition coefficient (Wildman–Crippen LogP) is 3.76. The third kappa shape index (κ3) is 6.10. The molecule has 0 bridgehead atoms. The highest BCUT2D eigenvalue weighted by Crippen LogP contribution is 2.14.